The fourth-order valence-corrected chi connectivity index (χ4v) is 5.14. The number of hydrogen-bond donors (Lipinski definition) is 0. The predicted molar refractivity (Wildman–Crippen MR) is 131 cm³/mol. The van der Waals surface area contributed by atoms with Gasteiger partial charge in [-0.15, -0.1) is 0 Å². The first-order chi connectivity index (χ1) is 16.9. The minimum atomic E-state index is -5.76. The van der Waals surface area contributed by atoms with E-state index in [0.29, 0.717) is 24.6 Å². The number of aryl methyl sites for hydroxylation is 1. The van der Waals surface area contributed by atoms with Crippen LogP contribution in [0.1, 0.15) is 49.3 Å². The van der Waals surface area contributed by atoms with Gasteiger partial charge in [-0.1, -0.05) is 43.1 Å². The van der Waals surface area contributed by atoms with Crippen LogP contribution >= 0.6 is 11.6 Å². The van der Waals surface area contributed by atoms with Crippen molar-refractivity contribution in [2.45, 2.75) is 50.0 Å². The molecule has 6 nitrogen and oxygen atoms in total. The number of alkyl halides is 3. The van der Waals surface area contributed by atoms with E-state index in [1.165, 1.54) is 12.1 Å². The number of hydrogen-bond acceptors (Lipinski definition) is 6. The van der Waals surface area contributed by atoms with Crippen LogP contribution < -0.4 is 4.18 Å². The van der Waals surface area contributed by atoms with E-state index in [-0.39, 0.29) is 12.5 Å². The third-order valence-electron chi connectivity index (χ3n) is 6.38. The van der Waals surface area contributed by atoms with E-state index in [1.54, 1.807) is 18.2 Å². The number of carbonyl (C=O) groups excluding carboxylic acids is 1. The summed E-state index contributed by atoms with van der Waals surface area (Å²) in [5.41, 5.74) is -3.09. The van der Waals surface area contributed by atoms with Crippen LogP contribution in [0.15, 0.2) is 42.5 Å². The monoisotopic (exact) mass is 547 g/mol. The summed E-state index contributed by atoms with van der Waals surface area (Å²) in [6, 6.07) is 11.3. The van der Waals surface area contributed by atoms with Gasteiger partial charge in [0, 0.05) is 10.4 Å². The fraction of sp³-hybridized carbons (Fsp3) is 0.480. The number of fused-ring (bicyclic) bond motifs is 1. The smallest absolute Gasteiger partial charge is 0.465 e. The summed E-state index contributed by atoms with van der Waals surface area (Å²) in [4.78, 5) is 14.0. The highest BCUT2D eigenvalue weighted by atomic mass is 35.5. The Balaban J connectivity index is 1.83. The molecule has 0 saturated carbocycles. The van der Waals surface area contributed by atoms with Crippen molar-refractivity contribution in [1.82, 2.24) is 4.90 Å². The van der Waals surface area contributed by atoms with Crippen LogP contribution in [-0.2, 0) is 31.5 Å². The minimum Gasteiger partial charge on any atom is -0.465 e. The van der Waals surface area contributed by atoms with Crippen LogP contribution in [0.5, 0.6) is 5.75 Å². The number of likely N-dealkylation sites (N-methyl/N-ethyl adjacent to an activating group) is 1. The van der Waals surface area contributed by atoms with E-state index >= 15 is 0 Å². The van der Waals surface area contributed by atoms with Gasteiger partial charge in [0.2, 0.25) is 0 Å². The second kappa shape index (κ2) is 11.4. The molecule has 1 aliphatic rings. The number of carbonyl (C=O) groups is 1. The van der Waals surface area contributed by atoms with Crippen LogP contribution in [0.4, 0.5) is 13.2 Å². The Hall–Kier alpha value is -2.30. The standard InChI is InChI=1S/C25H29ClF3NO5S/c1-3-4-15-34-23(31)17-30(2)14-13-24(12-11-18-16-20(26)7-10-22(18)24)19-5-8-21(9-6-19)35-36(32,33)25(27,28)29/h5-10,16H,3-4,11-15,17H2,1-2H3. The molecule has 3 rings (SSSR count). The maximum Gasteiger partial charge on any atom is 0.534 e. The first kappa shape index (κ1) is 28.3. The summed E-state index contributed by atoms with van der Waals surface area (Å²) in [5.74, 6) is -0.724. The highest BCUT2D eigenvalue weighted by Gasteiger charge is 2.48. The predicted octanol–water partition coefficient (Wildman–Crippen LogP) is 5.47. The van der Waals surface area contributed by atoms with Crippen molar-refractivity contribution < 1.29 is 35.3 Å². The molecule has 1 unspecified atom stereocenters. The molecule has 0 radical (unpaired) electrons. The van der Waals surface area contributed by atoms with Crippen LogP contribution in [0.25, 0.3) is 0 Å². The summed E-state index contributed by atoms with van der Waals surface area (Å²) >= 11 is 6.19. The average Bonchev–Trinajstić information content (AvgIpc) is 3.16. The molecule has 0 saturated heterocycles. The summed E-state index contributed by atoms with van der Waals surface area (Å²) < 4.78 is 70.3. The zero-order valence-electron chi connectivity index (χ0n) is 20.1. The van der Waals surface area contributed by atoms with Crippen LogP contribution in [0, 0.1) is 0 Å². The van der Waals surface area contributed by atoms with Gasteiger partial charge in [-0.2, -0.15) is 21.6 Å². The SMILES string of the molecule is CCCCOC(=O)CN(C)CCC1(c2ccc(OS(=O)(=O)C(F)(F)F)cc2)CCc2cc(Cl)ccc21. The fourth-order valence-electron chi connectivity index (χ4n) is 4.48. The normalized spacial score (nSPS) is 17.8. The molecule has 0 fully saturated rings. The number of unbranched alkanes of at least 4 members (excludes halogenated alkanes) is 1. The number of halogens is 4. The summed E-state index contributed by atoms with van der Waals surface area (Å²) in [6.45, 7) is 3.08. The lowest BCUT2D eigenvalue weighted by molar-refractivity contribution is -0.144. The van der Waals surface area contributed by atoms with Gasteiger partial charge in [0.25, 0.3) is 0 Å². The van der Waals surface area contributed by atoms with E-state index in [4.69, 9.17) is 16.3 Å². The Labute approximate surface area is 214 Å². The van der Waals surface area contributed by atoms with Gasteiger partial charge in [0.15, 0.2) is 0 Å². The van der Waals surface area contributed by atoms with Crippen LogP contribution in [-0.4, -0.2) is 51.5 Å². The van der Waals surface area contributed by atoms with Crippen molar-refractivity contribution in [1.29, 1.82) is 0 Å². The summed E-state index contributed by atoms with van der Waals surface area (Å²) in [6.07, 6.45) is 3.82. The molecule has 1 atom stereocenters. The Bertz CT molecular complexity index is 1170. The quantitative estimate of drug-likeness (QED) is 0.161. The molecule has 0 bridgehead atoms. The topological polar surface area (TPSA) is 72.9 Å². The second-order valence-electron chi connectivity index (χ2n) is 8.95. The minimum absolute atomic E-state index is 0.134. The molecule has 0 heterocycles. The van der Waals surface area contributed by atoms with Gasteiger partial charge in [-0.25, -0.2) is 0 Å². The van der Waals surface area contributed by atoms with Crippen LogP contribution in [0.2, 0.25) is 5.02 Å². The first-order valence-corrected chi connectivity index (χ1v) is 13.4. The Morgan fingerprint density at radius 3 is 2.50 bits per heavy atom. The number of rotatable bonds is 11. The molecule has 2 aromatic rings. The first-order valence-electron chi connectivity index (χ1n) is 11.6. The molecule has 2 aromatic carbocycles. The molecule has 0 aliphatic heterocycles. The third kappa shape index (κ3) is 6.52. The van der Waals surface area contributed by atoms with E-state index in [0.717, 1.165) is 42.4 Å². The van der Waals surface area contributed by atoms with E-state index < -0.39 is 26.8 Å². The summed E-state index contributed by atoms with van der Waals surface area (Å²) in [7, 11) is -3.93. The number of ether oxygens (including phenoxy) is 1. The lowest BCUT2D eigenvalue weighted by Gasteiger charge is -2.33. The van der Waals surface area contributed by atoms with Crippen molar-refractivity contribution >= 4 is 27.7 Å². The maximum absolute atomic E-state index is 12.7. The molecule has 0 spiro atoms. The van der Waals surface area contributed by atoms with E-state index in [2.05, 4.69) is 4.18 Å². The number of esters is 1. The summed E-state index contributed by atoms with van der Waals surface area (Å²) in [5, 5.41) is 0.609. The van der Waals surface area contributed by atoms with E-state index in [1.807, 2.05) is 31.0 Å². The van der Waals surface area contributed by atoms with Gasteiger partial charge in [0.05, 0.1) is 13.2 Å². The van der Waals surface area contributed by atoms with Crippen molar-refractivity contribution in [2.75, 3.05) is 26.7 Å². The number of nitrogens with zero attached hydrogens (tertiary/aromatic N) is 1. The molecule has 11 heteroatoms. The van der Waals surface area contributed by atoms with Crippen molar-refractivity contribution in [3.63, 3.8) is 0 Å². The zero-order valence-corrected chi connectivity index (χ0v) is 21.7. The molecule has 36 heavy (non-hydrogen) atoms. The molecule has 0 N–H and O–H groups in total. The molecule has 0 amide bonds. The number of benzene rings is 2. The molecule has 198 valence electrons. The lowest BCUT2D eigenvalue weighted by atomic mass is 9.73. The molecular weight excluding hydrogens is 519 g/mol. The van der Waals surface area contributed by atoms with Crippen LogP contribution in [0.3, 0.4) is 0 Å². The van der Waals surface area contributed by atoms with Gasteiger partial charge >= 0.3 is 21.6 Å². The molecule has 0 aromatic heterocycles. The lowest BCUT2D eigenvalue weighted by Crippen LogP contribution is -2.34. The van der Waals surface area contributed by atoms with Crippen molar-refractivity contribution in [2.24, 2.45) is 0 Å². The van der Waals surface area contributed by atoms with Gasteiger partial charge < -0.3 is 8.92 Å². The van der Waals surface area contributed by atoms with Crippen molar-refractivity contribution in [3.05, 3.63) is 64.2 Å². The Kier molecular flexibility index (Phi) is 8.95. The largest absolute Gasteiger partial charge is 0.534 e. The zero-order chi connectivity index (χ0) is 26.6. The average molecular weight is 548 g/mol. The Morgan fingerprint density at radius 2 is 1.86 bits per heavy atom. The Morgan fingerprint density at radius 1 is 1.17 bits per heavy atom. The third-order valence-corrected chi connectivity index (χ3v) is 7.59. The second-order valence-corrected chi connectivity index (χ2v) is 10.9. The van der Waals surface area contributed by atoms with Crippen molar-refractivity contribution in [3.8, 4) is 5.75 Å². The van der Waals surface area contributed by atoms with Gasteiger partial charge in [-0.3, -0.25) is 9.69 Å². The molecular formula is C25H29ClF3NO5S. The van der Waals surface area contributed by atoms with E-state index in [9.17, 15) is 26.4 Å². The highest BCUT2D eigenvalue weighted by Crippen LogP contribution is 2.47. The maximum atomic E-state index is 12.7. The molecule has 1 aliphatic carbocycles. The highest BCUT2D eigenvalue weighted by molar-refractivity contribution is 7.88. The van der Waals surface area contributed by atoms with Gasteiger partial charge in [0.1, 0.15) is 5.75 Å². The van der Waals surface area contributed by atoms with Gasteiger partial charge in [-0.05, 0) is 80.2 Å².